The lowest BCUT2D eigenvalue weighted by atomic mass is 9.91. The van der Waals surface area contributed by atoms with Gasteiger partial charge >= 0.3 is 0 Å². The first-order chi connectivity index (χ1) is 8.89. The lowest BCUT2D eigenvalue weighted by Gasteiger charge is -2.16. The van der Waals surface area contributed by atoms with Crippen molar-refractivity contribution in [2.45, 2.75) is 20.8 Å². The second-order valence-corrected chi connectivity index (χ2v) is 5.60. The summed E-state index contributed by atoms with van der Waals surface area (Å²) in [5, 5.41) is 3.55. The van der Waals surface area contributed by atoms with Crippen LogP contribution in [0.4, 0.5) is 0 Å². The minimum Gasteiger partial charge on any atom is -0.361 e. The Kier molecular flexibility index (Phi) is 3.42. The van der Waals surface area contributed by atoms with E-state index in [1.54, 1.807) is 12.3 Å². The summed E-state index contributed by atoms with van der Waals surface area (Å²) in [4.78, 5) is 27.0. The van der Waals surface area contributed by atoms with Crippen molar-refractivity contribution >= 4 is 22.6 Å². The summed E-state index contributed by atoms with van der Waals surface area (Å²) in [5.74, 6) is -0.204. The molecule has 2 rings (SSSR count). The number of rotatable bonds is 3. The number of carbonyl (C=O) groups is 2. The molecule has 0 unspecified atom stereocenters. The molecule has 4 nitrogen and oxygen atoms in total. The van der Waals surface area contributed by atoms with Gasteiger partial charge in [-0.05, 0) is 18.2 Å². The van der Waals surface area contributed by atoms with E-state index in [1.807, 2.05) is 39.0 Å². The van der Waals surface area contributed by atoms with Crippen LogP contribution < -0.4 is 5.32 Å². The zero-order chi connectivity index (χ0) is 14.0. The number of fused-ring (bicyclic) bond motifs is 1. The van der Waals surface area contributed by atoms with Crippen LogP contribution in [0.1, 0.15) is 31.1 Å². The van der Waals surface area contributed by atoms with Gasteiger partial charge in [0.25, 0.3) is 5.91 Å². The Morgan fingerprint density at radius 2 is 1.95 bits per heavy atom. The number of benzene rings is 1. The van der Waals surface area contributed by atoms with Crippen molar-refractivity contribution in [2.24, 2.45) is 5.41 Å². The van der Waals surface area contributed by atoms with Crippen LogP contribution in [0.3, 0.4) is 0 Å². The number of nitrogens with one attached hydrogen (secondary N) is 2. The third kappa shape index (κ3) is 2.84. The summed E-state index contributed by atoms with van der Waals surface area (Å²) in [6.45, 7) is 5.58. The van der Waals surface area contributed by atoms with Gasteiger partial charge in [-0.15, -0.1) is 0 Å². The van der Waals surface area contributed by atoms with Crippen LogP contribution in [0.2, 0.25) is 0 Å². The topological polar surface area (TPSA) is 62.0 Å². The highest BCUT2D eigenvalue weighted by Gasteiger charge is 2.21. The molecule has 4 heteroatoms. The van der Waals surface area contributed by atoms with E-state index in [4.69, 9.17) is 0 Å². The first-order valence-corrected chi connectivity index (χ1v) is 6.27. The standard InChI is InChI=1S/C15H18N2O2/c1-15(2,3)13(18)9-17-14(19)11-5-4-6-12-10(11)7-8-16-12/h4-8,16H,9H2,1-3H3,(H,17,19). The number of H-pyrrole nitrogens is 1. The van der Waals surface area contributed by atoms with Crippen molar-refractivity contribution in [3.8, 4) is 0 Å². The van der Waals surface area contributed by atoms with E-state index >= 15 is 0 Å². The SMILES string of the molecule is CC(C)(C)C(=O)CNC(=O)c1cccc2[nH]ccc12. The number of ketones is 1. The molecule has 0 spiro atoms. The number of carbonyl (C=O) groups excluding carboxylic acids is 2. The van der Waals surface area contributed by atoms with E-state index in [9.17, 15) is 9.59 Å². The maximum atomic E-state index is 12.1. The van der Waals surface area contributed by atoms with E-state index in [-0.39, 0.29) is 18.2 Å². The van der Waals surface area contributed by atoms with Gasteiger partial charge in [0, 0.05) is 28.1 Å². The highest BCUT2D eigenvalue weighted by Crippen LogP contribution is 2.17. The fourth-order valence-electron chi connectivity index (χ4n) is 1.80. The third-order valence-corrected chi connectivity index (χ3v) is 3.09. The summed E-state index contributed by atoms with van der Waals surface area (Å²) < 4.78 is 0. The Labute approximate surface area is 112 Å². The van der Waals surface area contributed by atoms with Crippen LogP contribution in [-0.4, -0.2) is 23.2 Å². The summed E-state index contributed by atoms with van der Waals surface area (Å²) >= 11 is 0. The van der Waals surface area contributed by atoms with Gasteiger partial charge in [0.05, 0.1) is 6.54 Å². The molecular weight excluding hydrogens is 240 g/mol. The number of amides is 1. The Morgan fingerprint density at radius 3 is 2.63 bits per heavy atom. The predicted molar refractivity (Wildman–Crippen MR) is 75.1 cm³/mol. The normalized spacial score (nSPS) is 11.5. The summed E-state index contributed by atoms with van der Waals surface area (Å²) in [5.41, 5.74) is 1.06. The molecule has 0 bridgehead atoms. The van der Waals surface area contributed by atoms with Crippen molar-refractivity contribution in [1.82, 2.24) is 10.3 Å². The Balaban J connectivity index is 2.13. The third-order valence-electron chi connectivity index (χ3n) is 3.09. The largest absolute Gasteiger partial charge is 0.361 e. The van der Waals surface area contributed by atoms with Crippen LogP contribution in [0.15, 0.2) is 30.5 Å². The molecule has 1 aromatic carbocycles. The quantitative estimate of drug-likeness (QED) is 0.888. The van der Waals surface area contributed by atoms with Gasteiger partial charge in [-0.1, -0.05) is 26.8 Å². The van der Waals surface area contributed by atoms with Crippen molar-refractivity contribution in [3.63, 3.8) is 0 Å². The second kappa shape index (κ2) is 4.88. The molecule has 0 aliphatic carbocycles. The number of hydrogen-bond acceptors (Lipinski definition) is 2. The highest BCUT2D eigenvalue weighted by molar-refractivity contribution is 6.07. The molecule has 0 aliphatic rings. The minimum absolute atomic E-state index is 0.0158. The molecule has 0 atom stereocenters. The average molecular weight is 258 g/mol. The van der Waals surface area contributed by atoms with Crippen molar-refractivity contribution in [3.05, 3.63) is 36.0 Å². The van der Waals surface area contributed by atoms with Crippen molar-refractivity contribution in [2.75, 3.05) is 6.54 Å². The Bertz CT molecular complexity index is 620. The molecule has 1 amide bonds. The molecule has 0 radical (unpaired) electrons. The van der Waals surface area contributed by atoms with Crippen LogP contribution in [0, 0.1) is 5.41 Å². The molecule has 2 N–H and O–H groups in total. The van der Waals surface area contributed by atoms with Gasteiger partial charge in [0.15, 0.2) is 5.78 Å². The molecule has 2 aromatic rings. The van der Waals surface area contributed by atoms with E-state index in [2.05, 4.69) is 10.3 Å². The number of hydrogen-bond donors (Lipinski definition) is 2. The lowest BCUT2D eigenvalue weighted by Crippen LogP contribution is -2.35. The van der Waals surface area contributed by atoms with Gasteiger partial charge < -0.3 is 10.3 Å². The first kappa shape index (κ1) is 13.3. The van der Waals surface area contributed by atoms with E-state index < -0.39 is 5.41 Å². The van der Waals surface area contributed by atoms with Gasteiger partial charge in [-0.25, -0.2) is 0 Å². The molecule has 19 heavy (non-hydrogen) atoms. The Morgan fingerprint density at radius 1 is 1.21 bits per heavy atom. The first-order valence-electron chi connectivity index (χ1n) is 6.27. The maximum Gasteiger partial charge on any atom is 0.252 e. The molecule has 0 saturated carbocycles. The lowest BCUT2D eigenvalue weighted by molar-refractivity contribution is -0.125. The molecule has 100 valence electrons. The molecule has 0 fully saturated rings. The molecule has 0 saturated heterocycles. The monoisotopic (exact) mass is 258 g/mol. The zero-order valence-electron chi connectivity index (χ0n) is 11.4. The minimum atomic E-state index is -0.437. The average Bonchev–Trinajstić information content (AvgIpc) is 2.82. The van der Waals surface area contributed by atoms with Gasteiger partial charge in [-0.3, -0.25) is 9.59 Å². The van der Waals surface area contributed by atoms with Crippen molar-refractivity contribution in [1.29, 1.82) is 0 Å². The fraction of sp³-hybridized carbons (Fsp3) is 0.333. The van der Waals surface area contributed by atoms with Gasteiger partial charge in [0.1, 0.15) is 0 Å². The van der Waals surface area contributed by atoms with Crippen LogP contribution in [0.5, 0.6) is 0 Å². The van der Waals surface area contributed by atoms with Crippen molar-refractivity contribution < 1.29 is 9.59 Å². The number of Topliss-reactive ketones (excluding diaryl/α,β-unsaturated/α-hetero) is 1. The summed E-state index contributed by atoms with van der Waals surface area (Å²) in [6.07, 6.45) is 1.79. The van der Waals surface area contributed by atoms with Gasteiger partial charge in [-0.2, -0.15) is 0 Å². The zero-order valence-corrected chi connectivity index (χ0v) is 11.4. The molecule has 1 aromatic heterocycles. The number of aromatic amines is 1. The Hall–Kier alpha value is -2.10. The van der Waals surface area contributed by atoms with E-state index in [0.29, 0.717) is 5.56 Å². The number of aromatic nitrogens is 1. The summed E-state index contributed by atoms with van der Waals surface area (Å²) in [7, 11) is 0. The van der Waals surface area contributed by atoms with Crippen LogP contribution in [0.25, 0.3) is 10.9 Å². The maximum absolute atomic E-state index is 12.1. The van der Waals surface area contributed by atoms with Gasteiger partial charge in [0.2, 0.25) is 0 Å². The molecule has 1 heterocycles. The fourth-order valence-corrected chi connectivity index (χ4v) is 1.80. The smallest absolute Gasteiger partial charge is 0.252 e. The van der Waals surface area contributed by atoms with E-state index in [1.165, 1.54) is 0 Å². The molecular formula is C15H18N2O2. The van der Waals surface area contributed by atoms with E-state index in [0.717, 1.165) is 10.9 Å². The van der Waals surface area contributed by atoms with Crippen LogP contribution in [-0.2, 0) is 4.79 Å². The summed E-state index contributed by atoms with van der Waals surface area (Å²) in [6, 6.07) is 7.34. The molecule has 0 aliphatic heterocycles. The van der Waals surface area contributed by atoms with Crippen LogP contribution >= 0.6 is 0 Å². The predicted octanol–water partition coefficient (Wildman–Crippen LogP) is 2.51. The highest BCUT2D eigenvalue weighted by atomic mass is 16.2. The second-order valence-electron chi connectivity index (χ2n) is 5.60.